The van der Waals surface area contributed by atoms with E-state index in [0.29, 0.717) is 38.8 Å². The maximum absolute atomic E-state index is 13.8. The summed E-state index contributed by atoms with van der Waals surface area (Å²) < 4.78 is 14.4. The summed E-state index contributed by atoms with van der Waals surface area (Å²) in [6.07, 6.45) is 3.65. The van der Waals surface area contributed by atoms with Crippen molar-refractivity contribution in [3.63, 3.8) is 0 Å². The van der Waals surface area contributed by atoms with Crippen LogP contribution in [-0.4, -0.2) is 36.5 Å². The second-order valence-electron chi connectivity index (χ2n) is 6.69. The number of halogens is 1. The van der Waals surface area contributed by atoms with Crippen LogP contribution in [0.4, 0.5) is 15.3 Å². The van der Waals surface area contributed by atoms with E-state index in [-0.39, 0.29) is 11.1 Å². The van der Waals surface area contributed by atoms with Crippen molar-refractivity contribution in [1.29, 1.82) is 0 Å². The van der Waals surface area contributed by atoms with Gasteiger partial charge < -0.3 is 20.8 Å². The van der Waals surface area contributed by atoms with Crippen LogP contribution >= 0.6 is 32.1 Å². The number of hydrogen-bond acceptors (Lipinski definition) is 10. The lowest BCUT2D eigenvalue weighted by molar-refractivity contribution is 0.276. The van der Waals surface area contributed by atoms with Gasteiger partial charge in [0.2, 0.25) is 0 Å². The van der Waals surface area contributed by atoms with Gasteiger partial charge in [-0.1, -0.05) is 36.9 Å². The van der Waals surface area contributed by atoms with Gasteiger partial charge in [-0.25, -0.2) is 14.4 Å². The van der Waals surface area contributed by atoms with E-state index in [1.54, 1.807) is 12.3 Å². The Morgan fingerprint density at radius 1 is 1.30 bits per heavy atom. The van der Waals surface area contributed by atoms with Gasteiger partial charge in [-0.3, -0.25) is 4.98 Å². The number of nitrogens with two attached hydrogens (primary N) is 1. The van der Waals surface area contributed by atoms with Gasteiger partial charge in [-0.15, -0.1) is 0 Å². The Morgan fingerprint density at radius 2 is 2.07 bits per heavy atom. The van der Waals surface area contributed by atoms with Gasteiger partial charge in [0, 0.05) is 12.8 Å². The molecule has 0 saturated heterocycles. The van der Waals surface area contributed by atoms with Crippen LogP contribution in [0.1, 0.15) is 44.6 Å². The number of hydrogen-bond donors (Lipinski definition) is 4. The lowest BCUT2D eigenvalue weighted by atomic mass is 10.1. The highest BCUT2D eigenvalue weighted by atomic mass is 32.2. The summed E-state index contributed by atoms with van der Waals surface area (Å²) in [7, 11) is -0.456. The maximum Gasteiger partial charge on any atom is 0.192 e. The quantitative estimate of drug-likeness (QED) is 0.214. The molecule has 30 heavy (non-hydrogen) atoms. The Bertz CT molecular complexity index is 946. The average molecular weight is 473 g/mol. The number of nitrogens with one attached hydrogen (secondary N) is 1. The lowest BCUT2D eigenvalue weighted by Crippen LogP contribution is -2.00. The van der Waals surface area contributed by atoms with Crippen molar-refractivity contribution in [1.82, 2.24) is 19.9 Å². The summed E-state index contributed by atoms with van der Waals surface area (Å²) in [5.41, 5.74) is 6.72. The Kier molecular flexibility index (Phi) is 10.1. The molecule has 0 spiro atoms. The first kappa shape index (κ1) is 24.6. The summed E-state index contributed by atoms with van der Waals surface area (Å²) >= 11 is 2.52. The molecule has 3 aromatic heterocycles. The topological polar surface area (TPSA) is 130 Å². The largest absolute Gasteiger partial charge is 0.396 e. The molecule has 164 valence electrons. The van der Waals surface area contributed by atoms with Crippen molar-refractivity contribution in [2.75, 3.05) is 17.4 Å². The molecule has 0 bridgehead atoms. The molecule has 0 fully saturated rings. The number of aliphatic hydroxyl groups excluding tert-OH is 1. The number of pyridine rings is 1. The van der Waals surface area contributed by atoms with Crippen LogP contribution in [-0.2, 0) is 0 Å². The third kappa shape index (κ3) is 7.24. The highest BCUT2D eigenvalue weighted by Gasteiger charge is 2.17. The van der Waals surface area contributed by atoms with Crippen molar-refractivity contribution in [2.24, 2.45) is 5.92 Å². The molecule has 0 aliphatic carbocycles. The minimum Gasteiger partial charge on any atom is -0.396 e. The van der Waals surface area contributed by atoms with Gasteiger partial charge in [-0.05, 0) is 37.8 Å². The molecule has 0 aliphatic heterocycles. The van der Waals surface area contributed by atoms with Crippen LogP contribution in [0.5, 0.6) is 0 Å². The number of rotatable bonds is 8. The van der Waals surface area contributed by atoms with Gasteiger partial charge in [0.05, 0.1) is 10.9 Å². The number of thioether (sulfide) groups is 1. The van der Waals surface area contributed by atoms with Crippen LogP contribution in [0.15, 0.2) is 23.5 Å². The van der Waals surface area contributed by atoms with Crippen molar-refractivity contribution in [2.45, 2.75) is 44.0 Å². The Labute approximate surface area is 184 Å². The van der Waals surface area contributed by atoms with Crippen molar-refractivity contribution in [3.8, 4) is 0 Å². The molecule has 3 rings (SSSR count). The lowest BCUT2D eigenvalue weighted by Gasteiger charge is -2.10. The number of thiazole rings is 1. The van der Waals surface area contributed by atoms with E-state index in [1.165, 1.54) is 29.2 Å². The smallest absolute Gasteiger partial charge is 0.192 e. The fraction of sp³-hybridized carbons (Fsp3) is 0.444. The first-order valence-electron chi connectivity index (χ1n) is 9.32. The number of nitrogens with zero attached hydrogens (tertiary/aromatic N) is 4. The first-order valence-corrected chi connectivity index (χ1v) is 12.0. The predicted octanol–water partition coefficient (Wildman–Crippen LogP) is 4.38. The summed E-state index contributed by atoms with van der Waals surface area (Å²) in [5, 5.41) is 11.7. The number of nitrogen functional groups attached to an aromatic ring is 1. The standard InChI is InChI=1S/C12H12FN6OPS2.C6H14O/c1-5(7-6(13)3-2-4-15-7)22-11-16-9(14)8-10(17-11)18-12(23-8)19-21-20;1-6(2)4-3-5-7/h2-5,20-21H,1H3,(H3,14,16,17,18,19);6-7H,3-5H2,1-2H3. The van der Waals surface area contributed by atoms with E-state index in [4.69, 9.17) is 15.7 Å². The molecule has 0 amide bonds. The summed E-state index contributed by atoms with van der Waals surface area (Å²) in [5.74, 6) is 0.677. The number of anilines is 2. The van der Waals surface area contributed by atoms with Gasteiger partial charge in [-0.2, -0.15) is 4.98 Å². The molecule has 3 aromatic rings. The van der Waals surface area contributed by atoms with Gasteiger partial charge in [0.25, 0.3) is 0 Å². The maximum atomic E-state index is 13.8. The zero-order valence-electron chi connectivity index (χ0n) is 17.0. The van der Waals surface area contributed by atoms with E-state index in [9.17, 15) is 4.39 Å². The molecule has 2 unspecified atom stereocenters. The molecule has 0 aromatic carbocycles. The van der Waals surface area contributed by atoms with Crippen LogP contribution < -0.4 is 10.8 Å². The fourth-order valence-corrected chi connectivity index (χ4v) is 4.43. The average Bonchev–Trinajstić information content (AvgIpc) is 3.10. The second kappa shape index (κ2) is 12.3. The number of aromatic nitrogens is 4. The van der Waals surface area contributed by atoms with Gasteiger partial charge >= 0.3 is 0 Å². The minimum atomic E-state index is -0.456. The van der Waals surface area contributed by atoms with Crippen LogP contribution in [0.2, 0.25) is 0 Å². The van der Waals surface area contributed by atoms with Crippen LogP contribution in [0, 0.1) is 11.7 Å². The van der Waals surface area contributed by atoms with Crippen molar-refractivity contribution in [3.05, 3.63) is 29.8 Å². The predicted molar refractivity (Wildman–Crippen MR) is 123 cm³/mol. The molecule has 0 saturated carbocycles. The molecule has 8 nitrogen and oxygen atoms in total. The first-order chi connectivity index (χ1) is 14.3. The molecule has 0 radical (unpaired) electrons. The summed E-state index contributed by atoms with van der Waals surface area (Å²) in [4.78, 5) is 25.8. The summed E-state index contributed by atoms with van der Waals surface area (Å²) in [6, 6.07) is 2.91. The Balaban J connectivity index is 0.000000396. The van der Waals surface area contributed by atoms with Crippen molar-refractivity contribution >= 4 is 53.4 Å². The zero-order valence-corrected chi connectivity index (χ0v) is 19.6. The minimum absolute atomic E-state index is 0.275. The van der Waals surface area contributed by atoms with Crippen LogP contribution in [0.3, 0.4) is 0 Å². The normalized spacial score (nSPS) is 12.4. The third-order valence-electron chi connectivity index (χ3n) is 3.82. The van der Waals surface area contributed by atoms with E-state index >= 15 is 0 Å². The third-order valence-corrected chi connectivity index (χ3v) is 6.30. The van der Waals surface area contributed by atoms with Gasteiger partial charge in [0.15, 0.2) is 15.9 Å². The number of fused-ring (bicyclic) bond motifs is 1. The van der Waals surface area contributed by atoms with E-state index in [0.717, 1.165) is 18.8 Å². The zero-order chi connectivity index (χ0) is 22.1. The van der Waals surface area contributed by atoms with Crippen molar-refractivity contribution < 1.29 is 14.4 Å². The second-order valence-corrected chi connectivity index (χ2v) is 9.47. The Hall–Kier alpha value is -1.65. The van der Waals surface area contributed by atoms with Crippen LogP contribution in [0.25, 0.3) is 10.3 Å². The molecular formula is C18H26FN6O2PS2. The summed E-state index contributed by atoms with van der Waals surface area (Å²) in [6.45, 7) is 6.49. The molecule has 3 heterocycles. The molecule has 12 heteroatoms. The molecule has 5 N–H and O–H groups in total. The highest BCUT2D eigenvalue weighted by molar-refractivity contribution is 7.99. The van der Waals surface area contributed by atoms with E-state index in [2.05, 4.69) is 38.9 Å². The van der Waals surface area contributed by atoms with E-state index in [1.807, 2.05) is 6.92 Å². The number of aliphatic hydroxyl groups is 1. The monoisotopic (exact) mass is 472 g/mol. The molecular weight excluding hydrogens is 446 g/mol. The Morgan fingerprint density at radius 3 is 2.67 bits per heavy atom. The molecule has 0 aliphatic rings. The van der Waals surface area contributed by atoms with Gasteiger partial charge in [0.1, 0.15) is 25.3 Å². The SMILES string of the molecule is CC(C)CCCO.CC(Sc1nc(N)c2sc(NPO)nc2n1)c1ncccc1F. The fourth-order valence-electron chi connectivity index (χ4n) is 2.39. The highest BCUT2D eigenvalue weighted by Crippen LogP contribution is 2.36. The van der Waals surface area contributed by atoms with E-state index < -0.39 is 8.96 Å². The molecule has 2 atom stereocenters.